The average molecular weight is 467 g/mol. The number of hydrogen-bond acceptors (Lipinski definition) is 6. The standard InChI is InChI=1S/C28H34O6/c1-5-9-17-31-27(29)33-25-21-13-11-12-14-22(21)26(34-28(30)32-18-10-6-2)24-20(8-4)19(7-3)15-16-23(24)25/h11-16H,5-10,17-18H2,1-4H3. The van der Waals surface area contributed by atoms with Crippen molar-refractivity contribution >= 4 is 33.9 Å². The zero-order valence-electron chi connectivity index (χ0n) is 20.6. The molecule has 0 aliphatic rings. The summed E-state index contributed by atoms with van der Waals surface area (Å²) in [5, 5.41) is 2.77. The summed E-state index contributed by atoms with van der Waals surface area (Å²) < 4.78 is 22.2. The minimum Gasteiger partial charge on any atom is -0.434 e. The van der Waals surface area contributed by atoms with Gasteiger partial charge < -0.3 is 18.9 Å². The highest BCUT2D eigenvalue weighted by molar-refractivity contribution is 6.13. The Hall–Kier alpha value is -3.28. The number of rotatable bonds is 10. The van der Waals surface area contributed by atoms with Crippen LogP contribution in [0.4, 0.5) is 9.59 Å². The van der Waals surface area contributed by atoms with Crippen molar-refractivity contribution in [2.75, 3.05) is 13.2 Å². The van der Waals surface area contributed by atoms with Gasteiger partial charge in [-0.25, -0.2) is 9.59 Å². The first-order valence-corrected chi connectivity index (χ1v) is 12.2. The number of hydrogen-bond donors (Lipinski definition) is 0. The van der Waals surface area contributed by atoms with E-state index in [1.807, 2.05) is 50.2 Å². The third kappa shape index (κ3) is 5.61. The predicted octanol–water partition coefficient (Wildman–Crippen LogP) is 7.75. The summed E-state index contributed by atoms with van der Waals surface area (Å²) in [5.41, 5.74) is 2.19. The quantitative estimate of drug-likeness (QED) is 0.132. The van der Waals surface area contributed by atoms with Gasteiger partial charge in [-0.15, -0.1) is 0 Å². The number of carbonyl (C=O) groups is 2. The molecule has 0 spiro atoms. The van der Waals surface area contributed by atoms with E-state index in [0.717, 1.165) is 55.0 Å². The molecule has 0 saturated heterocycles. The van der Waals surface area contributed by atoms with Gasteiger partial charge in [0.15, 0.2) is 5.75 Å². The highest BCUT2D eigenvalue weighted by atomic mass is 16.7. The number of unbranched alkanes of at least 4 members (excludes halogenated alkanes) is 2. The van der Waals surface area contributed by atoms with Crippen LogP contribution < -0.4 is 9.47 Å². The third-order valence-electron chi connectivity index (χ3n) is 5.84. The van der Waals surface area contributed by atoms with Gasteiger partial charge in [-0.05, 0) is 36.8 Å². The van der Waals surface area contributed by atoms with Crippen molar-refractivity contribution in [2.45, 2.75) is 66.2 Å². The van der Waals surface area contributed by atoms with Gasteiger partial charge in [0.2, 0.25) is 0 Å². The maximum Gasteiger partial charge on any atom is 0.513 e. The molecule has 3 aromatic carbocycles. The summed E-state index contributed by atoms with van der Waals surface area (Å²) >= 11 is 0. The summed E-state index contributed by atoms with van der Waals surface area (Å²) in [6.45, 7) is 8.81. The van der Waals surface area contributed by atoms with Gasteiger partial charge in [0, 0.05) is 21.5 Å². The molecule has 0 aromatic heterocycles. The van der Waals surface area contributed by atoms with Gasteiger partial charge >= 0.3 is 12.3 Å². The lowest BCUT2D eigenvalue weighted by Crippen LogP contribution is -2.14. The van der Waals surface area contributed by atoms with Crippen molar-refractivity contribution in [3.63, 3.8) is 0 Å². The minimum absolute atomic E-state index is 0.302. The van der Waals surface area contributed by atoms with Crippen LogP contribution in [-0.4, -0.2) is 25.5 Å². The van der Waals surface area contributed by atoms with Crippen LogP contribution in [0.15, 0.2) is 36.4 Å². The molecule has 0 aliphatic heterocycles. The van der Waals surface area contributed by atoms with Gasteiger partial charge in [0.05, 0.1) is 13.2 Å². The Morgan fingerprint density at radius 1 is 0.676 bits per heavy atom. The van der Waals surface area contributed by atoms with Gasteiger partial charge in [-0.1, -0.05) is 76.9 Å². The molecule has 0 aliphatic carbocycles. The highest BCUT2D eigenvalue weighted by Crippen LogP contribution is 2.45. The monoisotopic (exact) mass is 466 g/mol. The smallest absolute Gasteiger partial charge is 0.434 e. The molecule has 3 aromatic rings. The van der Waals surface area contributed by atoms with E-state index in [1.54, 1.807) is 0 Å². The number of benzene rings is 3. The Kier molecular flexibility index (Phi) is 9.14. The van der Waals surface area contributed by atoms with Crippen molar-refractivity contribution in [1.29, 1.82) is 0 Å². The lowest BCUT2D eigenvalue weighted by atomic mass is 9.91. The molecule has 0 fully saturated rings. The van der Waals surface area contributed by atoms with Crippen molar-refractivity contribution in [3.05, 3.63) is 47.5 Å². The van der Waals surface area contributed by atoms with Crippen molar-refractivity contribution in [3.8, 4) is 11.5 Å². The van der Waals surface area contributed by atoms with E-state index in [0.29, 0.717) is 40.9 Å². The van der Waals surface area contributed by atoms with E-state index in [-0.39, 0.29) is 0 Å². The molecular formula is C28H34O6. The van der Waals surface area contributed by atoms with Gasteiger partial charge in [-0.3, -0.25) is 0 Å². The van der Waals surface area contributed by atoms with Crippen LogP contribution >= 0.6 is 0 Å². The highest BCUT2D eigenvalue weighted by Gasteiger charge is 2.23. The van der Waals surface area contributed by atoms with E-state index in [1.165, 1.54) is 0 Å². The van der Waals surface area contributed by atoms with Crippen molar-refractivity contribution in [1.82, 2.24) is 0 Å². The van der Waals surface area contributed by atoms with Crippen molar-refractivity contribution in [2.24, 2.45) is 0 Å². The van der Waals surface area contributed by atoms with E-state index < -0.39 is 12.3 Å². The molecule has 0 amide bonds. The molecule has 3 rings (SSSR count). The molecule has 0 atom stereocenters. The zero-order valence-corrected chi connectivity index (χ0v) is 20.6. The number of aryl methyl sites for hydroxylation is 2. The van der Waals surface area contributed by atoms with E-state index in [9.17, 15) is 9.59 Å². The molecule has 0 heterocycles. The Morgan fingerprint density at radius 3 is 1.76 bits per heavy atom. The first-order valence-electron chi connectivity index (χ1n) is 12.2. The SMILES string of the molecule is CCCCOC(=O)Oc1c2ccccc2c(OC(=O)OCCCC)c2c(CC)c(CC)ccc12. The van der Waals surface area contributed by atoms with Crippen LogP contribution in [0.3, 0.4) is 0 Å². The lowest BCUT2D eigenvalue weighted by molar-refractivity contribution is 0.0970. The van der Waals surface area contributed by atoms with Gasteiger partial charge in [0.1, 0.15) is 5.75 Å². The first kappa shape index (κ1) is 25.3. The fourth-order valence-corrected chi connectivity index (χ4v) is 4.07. The Morgan fingerprint density at radius 2 is 1.24 bits per heavy atom. The second-order valence-corrected chi connectivity index (χ2v) is 8.14. The minimum atomic E-state index is -0.745. The summed E-state index contributed by atoms with van der Waals surface area (Å²) in [4.78, 5) is 25.1. The topological polar surface area (TPSA) is 71.1 Å². The molecule has 0 N–H and O–H groups in total. The maximum atomic E-state index is 12.6. The summed E-state index contributed by atoms with van der Waals surface area (Å²) in [7, 11) is 0. The van der Waals surface area contributed by atoms with Crippen LogP contribution in [-0.2, 0) is 22.3 Å². The van der Waals surface area contributed by atoms with Crippen LogP contribution in [0, 0.1) is 0 Å². The van der Waals surface area contributed by atoms with Crippen molar-refractivity contribution < 1.29 is 28.5 Å². The molecule has 34 heavy (non-hydrogen) atoms. The Balaban J connectivity index is 2.21. The largest absolute Gasteiger partial charge is 0.513 e. The fraction of sp³-hybridized carbons (Fsp3) is 0.429. The zero-order chi connectivity index (χ0) is 24.5. The number of fused-ring (bicyclic) bond motifs is 2. The summed E-state index contributed by atoms with van der Waals surface area (Å²) in [6.07, 6.45) is 3.43. The maximum absolute atomic E-state index is 12.6. The second-order valence-electron chi connectivity index (χ2n) is 8.14. The van der Waals surface area contributed by atoms with E-state index >= 15 is 0 Å². The Labute approximate surface area is 201 Å². The van der Waals surface area contributed by atoms with Crippen LogP contribution in [0.2, 0.25) is 0 Å². The number of carbonyl (C=O) groups excluding carboxylic acids is 2. The third-order valence-corrected chi connectivity index (χ3v) is 5.84. The molecule has 182 valence electrons. The summed E-state index contributed by atoms with van der Waals surface area (Å²) in [5.74, 6) is 0.821. The molecule has 6 nitrogen and oxygen atoms in total. The normalized spacial score (nSPS) is 10.9. The van der Waals surface area contributed by atoms with E-state index in [4.69, 9.17) is 18.9 Å². The van der Waals surface area contributed by atoms with E-state index in [2.05, 4.69) is 13.8 Å². The lowest BCUT2D eigenvalue weighted by Gasteiger charge is -2.19. The molecule has 0 radical (unpaired) electrons. The van der Waals surface area contributed by atoms with Gasteiger partial charge in [0.25, 0.3) is 0 Å². The van der Waals surface area contributed by atoms with Crippen LogP contribution in [0.25, 0.3) is 21.5 Å². The molecule has 0 bridgehead atoms. The number of ether oxygens (including phenoxy) is 4. The molecule has 0 unspecified atom stereocenters. The Bertz CT molecular complexity index is 1150. The van der Waals surface area contributed by atoms with Crippen LogP contribution in [0.5, 0.6) is 11.5 Å². The first-order chi connectivity index (χ1) is 16.5. The summed E-state index contributed by atoms with van der Waals surface area (Å²) in [6, 6.07) is 11.4. The average Bonchev–Trinajstić information content (AvgIpc) is 2.85. The van der Waals surface area contributed by atoms with Crippen LogP contribution in [0.1, 0.15) is 64.5 Å². The molecule has 0 saturated carbocycles. The fourth-order valence-electron chi connectivity index (χ4n) is 4.07. The second kappa shape index (κ2) is 12.3. The predicted molar refractivity (Wildman–Crippen MR) is 134 cm³/mol. The van der Waals surface area contributed by atoms with Gasteiger partial charge in [-0.2, -0.15) is 0 Å². The molecular weight excluding hydrogens is 432 g/mol. The molecule has 6 heteroatoms.